The molecule has 0 saturated carbocycles. The fourth-order valence-electron chi connectivity index (χ4n) is 3.57. The number of aliphatic hydroxyl groups excluding tert-OH is 2. The number of hydrogen-bond donors (Lipinski definition) is 2. The van der Waals surface area contributed by atoms with Crippen LogP contribution in [-0.4, -0.2) is 38.1 Å². The second-order valence-corrected chi connectivity index (χ2v) is 7.63. The maximum Gasteiger partial charge on any atom is 0.167 e. The van der Waals surface area contributed by atoms with E-state index < -0.39 is 6.10 Å². The highest BCUT2D eigenvalue weighted by atomic mass is 16.5. The van der Waals surface area contributed by atoms with Gasteiger partial charge in [-0.15, -0.1) is 0 Å². The zero-order valence-electron chi connectivity index (χ0n) is 17.6. The summed E-state index contributed by atoms with van der Waals surface area (Å²) >= 11 is 0. The average molecular weight is 421 g/mol. The highest BCUT2D eigenvalue weighted by molar-refractivity contribution is 5.87. The summed E-state index contributed by atoms with van der Waals surface area (Å²) in [6, 6.07) is 14.1. The summed E-state index contributed by atoms with van der Waals surface area (Å²) in [5, 5.41) is 25.0. The van der Waals surface area contributed by atoms with Crippen LogP contribution in [0.15, 0.2) is 59.4 Å². The number of ether oxygens (including phenoxy) is 1. The van der Waals surface area contributed by atoms with E-state index in [1.807, 2.05) is 47.2 Å². The molecule has 0 aliphatic carbocycles. The Hall–Kier alpha value is -3.16. The number of unbranched alkanes of at least 4 members (excludes halogenated alkanes) is 2. The quantitative estimate of drug-likeness (QED) is 0.370. The van der Waals surface area contributed by atoms with Crippen LogP contribution in [-0.2, 0) is 6.54 Å². The minimum absolute atomic E-state index is 0.234. The Labute approximate surface area is 180 Å². The average Bonchev–Trinajstić information content (AvgIpc) is 3.43. The Morgan fingerprint density at radius 3 is 2.74 bits per heavy atom. The molecule has 0 aliphatic heterocycles. The van der Waals surface area contributed by atoms with Gasteiger partial charge in [0.1, 0.15) is 23.4 Å². The molecule has 162 valence electrons. The van der Waals surface area contributed by atoms with Crippen LogP contribution in [0.1, 0.15) is 43.8 Å². The third-order valence-corrected chi connectivity index (χ3v) is 5.18. The van der Waals surface area contributed by atoms with Crippen LogP contribution in [0.2, 0.25) is 0 Å². The first-order valence-electron chi connectivity index (χ1n) is 10.6. The van der Waals surface area contributed by atoms with Gasteiger partial charge in [-0.05, 0) is 55.2 Å². The summed E-state index contributed by atoms with van der Waals surface area (Å²) in [7, 11) is 0. The van der Waals surface area contributed by atoms with Crippen molar-refractivity contribution in [3.8, 4) is 17.1 Å². The fraction of sp³-hybridized carbons (Fsp3) is 0.333. The molecule has 2 N–H and O–H groups in total. The van der Waals surface area contributed by atoms with Crippen LogP contribution in [0, 0.1) is 0 Å². The van der Waals surface area contributed by atoms with E-state index in [2.05, 4.69) is 16.2 Å². The maximum atomic E-state index is 9.81. The molecule has 0 amide bonds. The van der Waals surface area contributed by atoms with Crippen LogP contribution >= 0.6 is 0 Å². The number of aliphatic hydroxyl groups is 2. The Kier molecular flexibility index (Phi) is 6.64. The fourth-order valence-corrected chi connectivity index (χ4v) is 3.57. The topological polar surface area (TPSA) is 93.5 Å². The lowest BCUT2D eigenvalue weighted by Gasteiger charge is -2.08. The van der Waals surface area contributed by atoms with Gasteiger partial charge in [0.2, 0.25) is 0 Å². The van der Waals surface area contributed by atoms with E-state index in [9.17, 15) is 5.11 Å². The van der Waals surface area contributed by atoms with Crippen molar-refractivity contribution < 1.29 is 19.5 Å². The van der Waals surface area contributed by atoms with Gasteiger partial charge in [0.15, 0.2) is 5.76 Å². The van der Waals surface area contributed by atoms with Crippen LogP contribution in [0.4, 0.5) is 0 Å². The molecular weight excluding hydrogens is 394 g/mol. The predicted molar refractivity (Wildman–Crippen MR) is 118 cm³/mol. The summed E-state index contributed by atoms with van der Waals surface area (Å²) in [6.45, 7) is 3.06. The van der Waals surface area contributed by atoms with Gasteiger partial charge in [0.25, 0.3) is 0 Å². The number of imidazole rings is 1. The lowest BCUT2D eigenvalue weighted by atomic mass is 10.1. The largest absolute Gasteiger partial charge is 0.494 e. The lowest BCUT2D eigenvalue weighted by Crippen LogP contribution is -2.07. The van der Waals surface area contributed by atoms with Gasteiger partial charge in [0.05, 0.1) is 13.2 Å². The number of aromatic nitrogens is 3. The molecule has 0 saturated heterocycles. The SMILES string of the molecule is C[C@H](O)c1nccn1Cc1cc(-c2ccc3cc(OCCCCCO)ccc3c2)on1. The monoisotopic (exact) mass is 421 g/mol. The Bertz CT molecular complexity index is 1130. The third-order valence-electron chi connectivity index (χ3n) is 5.18. The highest BCUT2D eigenvalue weighted by Crippen LogP contribution is 2.28. The number of benzene rings is 2. The molecule has 2 aromatic carbocycles. The molecule has 0 spiro atoms. The van der Waals surface area contributed by atoms with Gasteiger partial charge in [-0.25, -0.2) is 4.98 Å². The molecule has 1 atom stereocenters. The zero-order valence-corrected chi connectivity index (χ0v) is 17.6. The second-order valence-electron chi connectivity index (χ2n) is 7.63. The minimum atomic E-state index is -0.642. The molecule has 7 heteroatoms. The van der Waals surface area contributed by atoms with Gasteiger partial charge in [0, 0.05) is 30.6 Å². The van der Waals surface area contributed by atoms with Crippen LogP contribution in [0.3, 0.4) is 0 Å². The number of fused-ring (bicyclic) bond motifs is 1. The van der Waals surface area contributed by atoms with Crippen molar-refractivity contribution >= 4 is 10.8 Å². The van der Waals surface area contributed by atoms with Crippen molar-refractivity contribution in [3.05, 3.63) is 66.4 Å². The molecule has 0 fully saturated rings. The smallest absolute Gasteiger partial charge is 0.167 e. The normalized spacial score (nSPS) is 12.4. The summed E-state index contributed by atoms with van der Waals surface area (Å²) in [6.07, 6.45) is 5.56. The summed E-state index contributed by atoms with van der Waals surface area (Å²) in [5.74, 6) is 2.14. The maximum absolute atomic E-state index is 9.81. The molecule has 4 rings (SSSR count). The summed E-state index contributed by atoms with van der Waals surface area (Å²) in [5.41, 5.74) is 1.71. The molecule has 31 heavy (non-hydrogen) atoms. The Balaban J connectivity index is 1.45. The molecule has 0 aliphatic rings. The number of nitrogens with zero attached hydrogens (tertiary/aromatic N) is 3. The van der Waals surface area contributed by atoms with Gasteiger partial charge < -0.3 is 24.0 Å². The van der Waals surface area contributed by atoms with E-state index in [1.165, 1.54) is 0 Å². The zero-order chi connectivity index (χ0) is 21.6. The van der Waals surface area contributed by atoms with Crippen molar-refractivity contribution in [1.29, 1.82) is 0 Å². The number of hydrogen-bond acceptors (Lipinski definition) is 6. The molecule has 2 heterocycles. The molecule has 4 aromatic rings. The van der Waals surface area contributed by atoms with Crippen molar-refractivity contribution in [2.75, 3.05) is 13.2 Å². The Morgan fingerprint density at radius 1 is 1.06 bits per heavy atom. The van der Waals surface area contributed by atoms with Gasteiger partial charge in [-0.3, -0.25) is 0 Å². The molecule has 0 radical (unpaired) electrons. The molecule has 0 unspecified atom stereocenters. The van der Waals surface area contributed by atoms with E-state index in [-0.39, 0.29) is 6.61 Å². The van der Waals surface area contributed by atoms with Crippen molar-refractivity contribution in [2.24, 2.45) is 0 Å². The van der Waals surface area contributed by atoms with E-state index in [4.69, 9.17) is 14.4 Å². The van der Waals surface area contributed by atoms with Gasteiger partial charge in [-0.2, -0.15) is 0 Å². The summed E-state index contributed by atoms with van der Waals surface area (Å²) < 4.78 is 13.2. The first kappa shape index (κ1) is 21.1. The molecule has 2 aromatic heterocycles. The van der Waals surface area contributed by atoms with Gasteiger partial charge >= 0.3 is 0 Å². The van der Waals surface area contributed by atoms with Crippen molar-refractivity contribution in [3.63, 3.8) is 0 Å². The number of rotatable bonds is 10. The highest BCUT2D eigenvalue weighted by Gasteiger charge is 2.12. The van der Waals surface area contributed by atoms with E-state index in [0.29, 0.717) is 24.7 Å². The first-order valence-corrected chi connectivity index (χ1v) is 10.6. The van der Waals surface area contributed by atoms with E-state index in [0.717, 1.165) is 47.0 Å². The van der Waals surface area contributed by atoms with Crippen molar-refractivity contribution in [1.82, 2.24) is 14.7 Å². The third kappa shape index (κ3) is 5.13. The van der Waals surface area contributed by atoms with Crippen LogP contribution < -0.4 is 4.74 Å². The van der Waals surface area contributed by atoms with Crippen molar-refractivity contribution in [2.45, 2.75) is 38.8 Å². The van der Waals surface area contributed by atoms with Crippen LogP contribution in [0.5, 0.6) is 5.75 Å². The standard InChI is InChI=1S/C24H27N3O4/c1-17(29)24-25-9-10-27(24)16-21-15-23(31-26-21)20-6-5-19-14-22(8-7-18(19)13-20)30-12-4-2-3-11-28/h5-10,13-15,17,28-29H,2-4,11-12,16H2,1H3/t17-/m0/s1. The molecule has 0 bridgehead atoms. The summed E-state index contributed by atoms with van der Waals surface area (Å²) in [4.78, 5) is 4.18. The molecular formula is C24H27N3O4. The van der Waals surface area contributed by atoms with E-state index in [1.54, 1.807) is 13.1 Å². The van der Waals surface area contributed by atoms with E-state index >= 15 is 0 Å². The molecule has 7 nitrogen and oxygen atoms in total. The van der Waals surface area contributed by atoms with Gasteiger partial charge in [-0.1, -0.05) is 23.4 Å². The second kappa shape index (κ2) is 9.76. The Morgan fingerprint density at radius 2 is 1.90 bits per heavy atom. The predicted octanol–water partition coefficient (Wildman–Crippen LogP) is 4.33. The first-order chi connectivity index (χ1) is 15.1. The lowest BCUT2D eigenvalue weighted by molar-refractivity contribution is 0.184. The minimum Gasteiger partial charge on any atom is -0.494 e. The van der Waals surface area contributed by atoms with Crippen LogP contribution in [0.25, 0.3) is 22.1 Å².